The number of aromatic nitrogens is 2. The van der Waals surface area contributed by atoms with Crippen molar-refractivity contribution in [3.63, 3.8) is 0 Å². The Morgan fingerprint density at radius 3 is 2.83 bits per heavy atom. The maximum absolute atomic E-state index is 12.7. The van der Waals surface area contributed by atoms with Crippen LogP contribution in [-0.2, 0) is 6.54 Å². The van der Waals surface area contributed by atoms with Crippen LogP contribution >= 0.6 is 11.6 Å². The van der Waals surface area contributed by atoms with Gasteiger partial charge >= 0.3 is 0 Å². The Hall–Kier alpha value is -3.63. The molecule has 0 saturated heterocycles. The molecule has 8 heteroatoms. The van der Waals surface area contributed by atoms with E-state index in [0.717, 1.165) is 4.57 Å². The molecule has 0 radical (unpaired) electrons. The lowest BCUT2D eigenvalue weighted by atomic mass is 10.1. The van der Waals surface area contributed by atoms with Gasteiger partial charge in [-0.05, 0) is 42.3 Å². The van der Waals surface area contributed by atoms with E-state index in [9.17, 15) is 15.2 Å². The van der Waals surface area contributed by atoms with Gasteiger partial charge in [-0.25, -0.2) is 0 Å². The molecule has 0 aliphatic rings. The molecule has 146 valence electrons. The number of nitrogens with zero attached hydrogens (tertiary/aromatic N) is 4. The molecule has 0 amide bonds. The second-order valence-electron chi connectivity index (χ2n) is 6.18. The maximum Gasteiger partial charge on any atom is 0.271 e. The largest absolute Gasteiger partial charge is 0.495 e. The van der Waals surface area contributed by atoms with Gasteiger partial charge in [0.25, 0.3) is 5.56 Å². The molecule has 0 unspecified atom stereocenters. The van der Waals surface area contributed by atoms with E-state index in [4.69, 9.17) is 16.3 Å². The summed E-state index contributed by atoms with van der Waals surface area (Å²) in [5.74, 6) is 0.236. The SMILES string of the molecule is COc1ccc(N=Cc2c(C)c(C#N)c(=O)n(Cc3cccnc3)c2O)cc1Cl. The van der Waals surface area contributed by atoms with Crippen LogP contribution in [0, 0.1) is 18.3 Å². The number of aliphatic imine (C=N–C) groups is 1. The lowest BCUT2D eigenvalue weighted by molar-refractivity contribution is 0.413. The third kappa shape index (κ3) is 4.13. The van der Waals surface area contributed by atoms with Crippen molar-refractivity contribution in [1.82, 2.24) is 9.55 Å². The van der Waals surface area contributed by atoms with Gasteiger partial charge in [0.15, 0.2) is 0 Å². The summed E-state index contributed by atoms with van der Waals surface area (Å²) in [7, 11) is 1.51. The first kappa shape index (κ1) is 20.1. The van der Waals surface area contributed by atoms with Crippen LogP contribution in [0.15, 0.2) is 52.5 Å². The summed E-state index contributed by atoms with van der Waals surface area (Å²) >= 11 is 6.12. The molecule has 2 heterocycles. The summed E-state index contributed by atoms with van der Waals surface area (Å²) in [6.07, 6.45) is 4.60. The Kier molecular flexibility index (Phi) is 5.96. The summed E-state index contributed by atoms with van der Waals surface area (Å²) < 4.78 is 6.24. The highest BCUT2D eigenvalue weighted by Crippen LogP contribution is 2.29. The smallest absolute Gasteiger partial charge is 0.271 e. The number of hydrogen-bond acceptors (Lipinski definition) is 6. The van der Waals surface area contributed by atoms with E-state index >= 15 is 0 Å². The molecular formula is C21H17ClN4O3. The summed E-state index contributed by atoms with van der Waals surface area (Å²) in [5.41, 5.74) is 1.23. The summed E-state index contributed by atoms with van der Waals surface area (Å²) in [4.78, 5) is 21.0. The standard InChI is InChI=1S/C21H17ClN4O3/c1-13-16(9-23)20(27)26(12-14-4-3-7-24-10-14)21(28)17(13)11-25-15-5-6-19(29-2)18(22)8-15/h3-8,10-11,28H,12H2,1-2H3. The van der Waals surface area contributed by atoms with Gasteiger partial charge in [0, 0.05) is 18.6 Å². The fourth-order valence-corrected chi connectivity index (χ4v) is 3.07. The van der Waals surface area contributed by atoms with E-state index in [-0.39, 0.29) is 23.6 Å². The number of rotatable bonds is 5. The highest BCUT2D eigenvalue weighted by Gasteiger charge is 2.18. The molecule has 29 heavy (non-hydrogen) atoms. The van der Waals surface area contributed by atoms with Gasteiger partial charge in [-0.1, -0.05) is 17.7 Å². The molecular weight excluding hydrogens is 392 g/mol. The minimum absolute atomic E-state index is 0.0547. The molecule has 0 bridgehead atoms. The van der Waals surface area contributed by atoms with Gasteiger partial charge in [0.1, 0.15) is 17.4 Å². The Morgan fingerprint density at radius 1 is 1.41 bits per heavy atom. The van der Waals surface area contributed by atoms with Crippen molar-refractivity contribution in [3.8, 4) is 17.7 Å². The maximum atomic E-state index is 12.7. The van der Waals surface area contributed by atoms with Crippen LogP contribution in [0.25, 0.3) is 0 Å². The molecule has 0 aliphatic heterocycles. The number of methoxy groups -OCH3 is 1. The third-order valence-electron chi connectivity index (χ3n) is 4.39. The summed E-state index contributed by atoms with van der Waals surface area (Å²) in [6.45, 7) is 1.67. The van der Waals surface area contributed by atoms with E-state index in [0.29, 0.717) is 27.6 Å². The van der Waals surface area contributed by atoms with Gasteiger partial charge in [-0.3, -0.25) is 19.3 Å². The van der Waals surface area contributed by atoms with Crippen LogP contribution in [0.5, 0.6) is 11.6 Å². The molecule has 0 fully saturated rings. The highest BCUT2D eigenvalue weighted by molar-refractivity contribution is 6.32. The Labute approximate surface area is 172 Å². The van der Waals surface area contributed by atoms with Crippen molar-refractivity contribution in [2.45, 2.75) is 13.5 Å². The molecule has 3 aromatic rings. The summed E-state index contributed by atoms with van der Waals surface area (Å²) in [5, 5.41) is 20.6. The van der Waals surface area contributed by atoms with E-state index in [1.54, 1.807) is 49.6 Å². The molecule has 2 aromatic heterocycles. The van der Waals surface area contributed by atoms with Gasteiger partial charge in [0.05, 0.1) is 29.9 Å². The van der Waals surface area contributed by atoms with Crippen LogP contribution in [0.3, 0.4) is 0 Å². The minimum atomic E-state index is -0.573. The van der Waals surface area contributed by atoms with E-state index < -0.39 is 5.56 Å². The van der Waals surface area contributed by atoms with Gasteiger partial charge in [0.2, 0.25) is 5.88 Å². The fourth-order valence-electron chi connectivity index (χ4n) is 2.82. The van der Waals surface area contributed by atoms with Crippen molar-refractivity contribution in [1.29, 1.82) is 5.26 Å². The zero-order valence-electron chi connectivity index (χ0n) is 15.8. The number of halogens is 1. The Morgan fingerprint density at radius 2 is 2.21 bits per heavy atom. The van der Waals surface area contributed by atoms with Crippen molar-refractivity contribution < 1.29 is 9.84 Å². The minimum Gasteiger partial charge on any atom is -0.495 e. The van der Waals surface area contributed by atoms with Crippen LogP contribution in [0.4, 0.5) is 5.69 Å². The second kappa shape index (κ2) is 8.59. The van der Waals surface area contributed by atoms with Gasteiger partial charge in [-0.15, -0.1) is 0 Å². The predicted octanol–water partition coefficient (Wildman–Crippen LogP) is 3.59. The lowest BCUT2D eigenvalue weighted by Crippen LogP contribution is -2.26. The van der Waals surface area contributed by atoms with E-state index in [1.807, 2.05) is 6.07 Å². The van der Waals surface area contributed by atoms with Crippen LogP contribution in [0.2, 0.25) is 5.02 Å². The van der Waals surface area contributed by atoms with Crippen LogP contribution < -0.4 is 10.3 Å². The number of benzene rings is 1. The first-order valence-electron chi connectivity index (χ1n) is 8.59. The number of ether oxygens (including phenoxy) is 1. The first-order chi connectivity index (χ1) is 14.0. The van der Waals surface area contributed by atoms with Crippen LogP contribution in [-0.4, -0.2) is 28.0 Å². The number of pyridine rings is 2. The van der Waals surface area contributed by atoms with E-state index in [2.05, 4.69) is 9.98 Å². The molecule has 3 rings (SSSR count). The van der Waals surface area contributed by atoms with E-state index in [1.165, 1.54) is 13.3 Å². The molecule has 0 aliphatic carbocycles. The average molecular weight is 409 g/mol. The highest BCUT2D eigenvalue weighted by atomic mass is 35.5. The van der Waals surface area contributed by atoms with Crippen molar-refractivity contribution in [2.24, 2.45) is 4.99 Å². The Balaban J connectivity index is 2.09. The summed E-state index contributed by atoms with van der Waals surface area (Å²) in [6, 6.07) is 10.4. The normalized spacial score (nSPS) is 10.8. The molecule has 0 saturated carbocycles. The van der Waals surface area contributed by atoms with Gasteiger partial charge < -0.3 is 9.84 Å². The van der Waals surface area contributed by atoms with Crippen molar-refractivity contribution >= 4 is 23.5 Å². The van der Waals surface area contributed by atoms with Crippen molar-refractivity contribution in [2.75, 3.05) is 7.11 Å². The average Bonchev–Trinajstić information content (AvgIpc) is 2.72. The molecule has 7 nitrogen and oxygen atoms in total. The fraction of sp³-hybridized carbons (Fsp3) is 0.143. The predicted molar refractivity (Wildman–Crippen MR) is 110 cm³/mol. The van der Waals surface area contributed by atoms with Crippen LogP contribution in [0.1, 0.15) is 22.3 Å². The van der Waals surface area contributed by atoms with Gasteiger partial charge in [-0.2, -0.15) is 5.26 Å². The topological polar surface area (TPSA) is 100 Å². The number of aromatic hydroxyl groups is 1. The monoisotopic (exact) mass is 408 g/mol. The molecule has 0 atom stereocenters. The third-order valence-corrected chi connectivity index (χ3v) is 4.68. The Bertz CT molecular complexity index is 1180. The quantitative estimate of drug-likeness (QED) is 0.650. The molecule has 0 spiro atoms. The lowest BCUT2D eigenvalue weighted by Gasteiger charge is -2.14. The molecule has 1 aromatic carbocycles. The second-order valence-corrected chi connectivity index (χ2v) is 6.59. The number of nitriles is 1. The van der Waals surface area contributed by atoms with Crippen molar-refractivity contribution in [3.05, 3.63) is 80.4 Å². The zero-order chi connectivity index (χ0) is 21.0. The zero-order valence-corrected chi connectivity index (χ0v) is 16.5. The number of hydrogen-bond donors (Lipinski definition) is 1. The first-order valence-corrected chi connectivity index (χ1v) is 8.97. The molecule has 1 N–H and O–H groups in total.